The van der Waals surface area contributed by atoms with Gasteiger partial charge in [-0.3, -0.25) is 14.3 Å². The number of carbonyl (C=O) groups is 1. The molecule has 1 aliphatic rings. The van der Waals surface area contributed by atoms with Crippen molar-refractivity contribution in [1.82, 2.24) is 9.47 Å². The van der Waals surface area contributed by atoms with Gasteiger partial charge in [-0.25, -0.2) is 0 Å². The van der Waals surface area contributed by atoms with Crippen molar-refractivity contribution in [3.8, 4) is 11.6 Å². The third-order valence-electron chi connectivity index (χ3n) is 5.77. The van der Waals surface area contributed by atoms with Crippen LogP contribution >= 0.6 is 0 Å². The number of azo groups is 1. The zero-order valence-corrected chi connectivity index (χ0v) is 19.3. The zero-order valence-electron chi connectivity index (χ0n) is 19.3. The molecule has 0 bridgehead atoms. The van der Waals surface area contributed by atoms with Gasteiger partial charge in [-0.2, -0.15) is 0 Å². The summed E-state index contributed by atoms with van der Waals surface area (Å²) in [7, 11) is 0. The minimum atomic E-state index is -0.518. The molecule has 4 rings (SSSR count). The first-order chi connectivity index (χ1) is 15.9. The van der Waals surface area contributed by atoms with Gasteiger partial charge >= 0.3 is 5.91 Å². The summed E-state index contributed by atoms with van der Waals surface area (Å²) in [6, 6.07) is 13.5. The molecule has 1 N–H and O–H groups in total. The Labute approximate surface area is 193 Å². The topological polar surface area (TPSA) is 88.7 Å². The van der Waals surface area contributed by atoms with Gasteiger partial charge in [-0.05, 0) is 36.1 Å². The number of hydrogen-bond donors (Lipinski definition) is 1. The Morgan fingerprint density at radius 3 is 2.70 bits per heavy atom. The molecule has 0 atom stereocenters. The highest BCUT2D eigenvalue weighted by molar-refractivity contribution is 5.95. The molecule has 2 heterocycles. The Morgan fingerprint density at radius 2 is 1.94 bits per heavy atom. The van der Waals surface area contributed by atoms with E-state index in [-0.39, 0.29) is 24.1 Å². The second kappa shape index (κ2) is 10.1. The summed E-state index contributed by atoms with van der Waals surface area (Å²) in [5.74, 6) is 0.418. The minimum absolute atomic E-state index is 0.0130. The van der Waals surface area contributed by atoms with Crippen molar-refractivity contribution in [2.24, 2.45) is 10.2 Å². The second-order valence-electron chi connectivity index (χ2n) is 8.57. The molecule has 8 heteroatoms. The molecule has 0 spiro atoms. The molecular weight excluding hydrogens is 420 g/mol. The normalized spacial score (nSPS) is 15.0. The summed E-state index contributed by atoms with van der Waals surface area (Å²) in [6.45, 7) is 9.33. The zero-order chi connectivity index (χ0) is 23.4. The van der Waals surface area contributed by atoms with Crippen molar-refractivity contribution in [2.75, 3.05) is 32.9 Å². The lowest BCUT2D eigenvalue weighted by Crippen LogP contribution is -2.37. The summed E-state index contributed by atoms with van der Waals surface area (Å²) in [5.41, 5.74) is 3.21. The molecule has 2 aromatic carbocycles. The Balaban J connectivity index is 1.52. The van der Waals surface area contributed by atoms with Crippen LogP contribution in [0.15, 0.2) is 52.7 Å². The summed E-state index contributed by atoms with van der Waals surface area (Å²) in [4.78, 5) is 14.6. The summed E-state index contributed by atoms with van der Waals surface area (Å²) in [5, 5.41) is 19.6. The highest BCUT2D eigenvalue weighted by Gasteiger charge is 2.20. The van der Waals surface area contributed by atoms with Gasteiger partial charge in [0.2, 0.25) is 5.88 Å². The number of amides is 1. The maximum absolute atomic E-state index is 12.4. The Bertz CT molecular complexity index is 1160. The number of fused-ring (bicyclic) bond motifs is 1. The SMILES string of the molecule is Cc1ccc(C(C)C)c(OCC(=O)N=Nc2c(O)n(CN3CCOCC3)c3ccccc23)c1. The number of benzene rings is 2. The van der Waals surface area contributed by atoms with Crippen molar-refractivity contribution in [3.63, 3.8) is 0 Å². The maximum Gasteiger partial charge on any atom is 0.302 e. The van der Waals surface area contributed by atoms with Crippen LogP contribution in [0.1, 0.15) is 30.9 Å². The average Bonchev–Trinajstić information content (AvgIpc) is 3.07. The van der Waals surface area contributed by atoms with E-state index < -0.39 is 5.91 Å². The Morgan fingerprint density at radius 1 is 1.18 bits per heavy atom. The third-order valence-corrected chi connectivity index (χ3v) is 5.77. The highest BCUT2D eigenvalue weighted by Crippen LogP contribution is 2.39. The number of nitrogens with zero attached hydrogens (tertiary/aromatic N) is 4. The standard InChI is InChI=1S/C25H30N4O4/c1-17(2)19-9-8-18(3)14-22(19)33-15-23(30)26-27-24-20-6-4-5-7-21(20)29(25(24)31)16-28-10-12-32-13-11-28/h4-9,14,17,31H,10-13,15-16H2,1-3H3. The molecule has 1 amide bonds. The number of aromatic nitrogens is 1. The molecular formula is C25H30N4O4. The van der Waals surface area contributed by atoms with Gasteiger partial charge in [0, 0.05) is 18.5 Å². The van der Waals surface area contributed by atoms with Crippen LogP contribution in [0.5, 0.6) is 11.6 Å². The fourth-order valence-corrected chi connectivity index (χ4v) is 3.97. The number of morpholine rings is 1. The molecule has 3 aromatic rings. The number of aryl methyl sites for hydroxylation is 1. The van der Waals surface area contributed by atoms with Gasteiger partial charge < -0.3 is 14.6 Å². The van der Waals surface area contributed by atoms with Crippen LogP contribution in [-0.2, 0) is 16.2 Å². The molecule has 1 saturated heterocycles. The van der Waals surface area contributed by atoms with Gasteiger partial charge in [-0.1, -0.05) is 44.2 Å². The molecule has 8 nitrogen and oxygen atoms in total. The molecule has 1 aromatic heterocycles. The van der Waals surface area contributed by atoms with Crippen LogP contribution in [0.2, 0.25) is 0 Å². The van der Waals surface area contributed by atoms with Crippen molar-refractivity contribution >= 4 is 22.5 Å². The van der Waals surface area contributed by atoms with Crippen molar-refractivity contribution in [1.29, 1.82) is 0 Å². The van der Waals surface area contributed by atoms with E-state index >= 15 is 0 Å². The van der Waals surface area contributed by atoms with Crippen LogP contribution in [0.4, 0.5) is 5.69 Å². The summed E-state index contributed by atoms with van der Waals surface area (Å²) < 4.78 is 13.0. The highest BCUT2D eigenvalue weighted by atomic mass is 16.5. The molecule has 0 saturated carbocycles. The molecule has 33 heavy (non-hydrogen) atoms. The van der Waals surface area contributed by atoms with E-state index in [0.29, 0.717) is 25.6 Å². The van der Waals surface area contributed by atoms with Gasteiger partial charge in [0.05, 0.1) is 25.4 Å². The molecule has 0 unspecified atom stereocenters. The van der Waals surface area contributed by atoms with E-state index in [0.717, 1.165) is 35.1 Å². The van der Waals surface area contributed by atoms with Gasteiger partial charge in [0.15, 0.2) is 12.3 Å². The monoisotopic (exact) mass is 450 g/mol. The summed E-state index contributed by atoms with van der Waals surface area (Å²) >= 11 is 0. The average molecular weight is 451 g/mol. The van der Waals surface area contributed by atoms with E-state index in [9.17, 15) is 9.90 Å². The van der Waals surface area contributed by atoms with Crippen molar-refractivity contribution in [2.45, 2.75) is 33.4 Å². The fourth-order valence-electron chi connectivity index (χ4n) is 3.97. The van der Waals surface area contributed by atoms with Crippen molar-refractivity contribution in [3.05, 3.63) is 53.6 Å². The van der Waals surface area contributed by atoms with Crippen LogP contribution < -0.4 is 4.74 Å². The number of rotatable bonds is 7. The number of hydrogen-bond acceptors (Lipinski definition) is 6. The first kappa shape index (κ1) is 22.9. The largest absolute Gasteiger partial charge is 0.493 e. The van der Waals surface area contributed by atoms with Gasteiger partial charge in [-0.15, -0.1) is 10.2 Å². The Hall–Kier alpha value is -3.23. The quantitative estimate of drug-likeness (QED) is 0.525. The predicted octanol–water partition coefficient (Wildman–Crippen LogP) is 4.76. The predicted molar refractivity (Wildman–Crippen MR) is 126 cm³/mol. The number of carbonyl (C=O) groups excluding carboxylic acids is 1. The fraction of sp³-hybridized carbons (Fsp3) is 0.400. The first-order valence-corrected chi connectivity index (χ1v) is 11.2. The number of ether oxygens (including phenoxy) is 2. The molecule has 1 fully saturated rings. The van der Waals surface area contributed by atoms with E-state index in [1.807, 2.05) is 49.4 Å². The van der Waals surface area contributed by atoms with E-state index in [2.05, 4.69) is 29.0 Å². The number of aromatic hydroxyl groups is 1. The molecule has 174 valence electrons. The lowest BCUT2D eigenvalue weighted by Gasteiger charge is -2.27. The Kier molecular flexibility index (Phi) is 7.05. The van der Waals surface area contributed by atoms with E-state index in [1.54, 1.807) is 4.57 Å². The van der Waals surface area contributed by atoms with E-state index in [1.165, 1.54) is 0 Å². The van der Waals surface area contributed by atoms with Crippen LogP contribution in [0.3, 0.4) is 0 Å². The molecule has 1 aliphatic heterocycles. The second-order valence-corrected chi connectivity index (χ2v) is 8.57. The first-order valence-electron chi connectivity index (χ1n) is 11.2. The van der Waals surface area contributed by atoms with Gasteiger partial charge in [0.25, 0.3) is 0 Å². The van der Waals surface area contributed by atoms with Crippen molar-refractivity contribution < 1.29 is 19.4 Å². The van der Waals surface area contributed by atoms with Gasteiger partial charge in [0.1, 0.15) is 5.75 Å². The van der Waals surface area contributed by atoms with E-state index in [4.69, 9.17) is 9.47 Å². The minimum Gasteiger partial charge on any atom is -0.493 e. The smallest absolute Gasteiger partial charge is 0.302 e. The lowest BCUT2D eigenvalue weighted by atomic mass is 10.0. The molecule has 0 aliphatic carbocycles. The van der Waals surface area contributed by atoms with Crippen LogP contribution in [-0.4, -0.2) is 53.4 Å². The summed E-state index contributed by atoms with van der Waals surface area (Å²) in [6.07, 6.45) is 0. The number of para-hydroxylation sites is 1. The van der Waals surface area contributed by atoms with Crippen LogP contribution in [0, 0.1) is 6.92 Å². The molecule has 0 radical (unpaired) electrons. The third kappa shape index (κ3) is 5.23. The van der Waals surface area contributed by atoms with Crippen LogP contribution in [0.25, 0.3) is 10.9 Å². The lowest BCUT2D eigenvalue weighted by molar-refractivity contribution is -0.120. The maximum atomic E-state index is 12.4.